The van der Waals surface area contributed by atoms with E-state index < -0.39 is 11.7 Å². The minimum Gasteiger partial charge on any atom is -0.374 e. The van der Waals surface area contributed by atoms with Gasteiger partial charge >= 0.3 is 6.18 Å². The van der Waals surface area contributed by atoms with Crippen LogP contribution < -0.4 is 5.32 Å². The van der Waals surface area contributed by atoms with Crippen LogP contribution in [0.4, 0.5) is 13.2 Å². The molecule has 0 spiro atoms. The molecular weight excluding hydrogens is 281 g/mol. The fourth-order valence-electron chi connectivity index (χ4n) is 2.84. The molecule has 0 aliphatic carbocycles. The summed E-state index contributed by atoms with van der Waals surface area (Å²) in [6.45, 7) is 4.75. The van der Waals surface area contributed by atoms with Crippen LogP contribution in [0.5, 0.6) is 0 Å². The second-order valence-corrected chi connectivity index (χ2v) is 5.16. The number of nitrogens with zero attached hydrogens (tertiary/aromatic N) is 1. The largest absolute Gasteiger partial charge is 0.416 e. The lowest BCUT2D eigenvalue weighted by Gasteiger charge is -2.41. The van der Waals surface area contributed by atoms with Gasteiger partial charge in [0.1, 0.15) is 0 Å². The highest BCUT2D eigenvalue weighted by Crippen LogP contribution is 2.34. The van der Waals surface area contributed by atoms with E-state index in [1.807, 2.05) is 14.0 Å². The van der Waals surface area contributed by atoms with Crippen LogP contribution in [-0.2, 0) is 10.9 Å². The Kier molecular flexibility index (Phi) is 5.24. The van der Waals surface area contributed by atoms with E-state index >= 15 is 0 Å². The second-order valence-electron chi connectivity index (χ2n) is 5.16. The third kappa shape index (κ3) is 3.75. The number of hydrogen-bond acceptors (Lipinski definition) is 3. The van der Waals surface area contributed by atoms with E-state index in [1.54, 1.807) is 6.07 Å². The van der Waals surface area contributed by atoms with Crippen LogP contribution in [0, 0.1) is 0 Å². The summed E-state index contributed by atoms with van der Waals surface area (Å²) in [6, 6.07) is 5.41. The molecule has 1 aromatic rings. The summed E-state index contributed by atoms with van der Waals surface area (Å²) < 4.78 is 44.5. The first-order chi connectivity index (χ1) is 9.97. The maximum Gasteiger partial charge on any atom is 0.416 e. The highest BCUT2D eigenvalue weighted by molar-refractivity contribution is 5.29. The number of morpholine rings is 1. The summed E-state index contributed by atoms with van der Waals surface area (Å²) in [6.07, 6.45) is -4.46. The zero-order valence-electron chi connectivity index (χ0n) is 12.3. The Bertz CT molecular complexity index is 462. The Morgan fingerprint density at radius 2 is 2.14 bits per heavy atom. The van der Waals surface area contributed by atoms with Crippen molar-refractivity contribution in [2.45, 2.75) is 25.2 Å². The highest BCUT2D eigenvalue weighted by atomic mass is 19.4. The molecule has 1 aliphatic heterocycles. The summed E-state index contributed by atoms with van der Waals surface area (Å²) in [4.78, 5) is 2.17. The average molecular weight is 302 g/mol. The number of alkyl halides is 3. The van der Waals surface area contributed by atoms with Crippen LogP contribution in [0.25, 0.3) is 0 Å². The van der Waals surface area contributed by atoms with E-state index in [1.165, 1.54) is 12.1 Å². The Morgan fingerprint density at radius 3 is 2.76 bits per heavy atom. The molecule has 6 heteroatoms. The van der Waals surface area contributed by atoms with Gasteiger partial charge in [0.05, 0.1) is 24.3 Å². The first-order valence-electron chi connectivity index (χ1n) is 7.14. The van der Waals surface area contributed by atoms with E-state index in [0.717, 1.165) is 19.2 Å². The van der Waals surface area contributed by atoms with Crippen LogP contribution in [-0.4, -0.2) is 44.3 Å². The van der Waals surface area contributed by atoms with Crippen molar-refractivity contribution >= 4 is 0 Å². The van der Waals surface area contributed by atoms with Crippen LogP contribution in [0.2, 0.25) is 0 Å². The highest BCUT2D eigenvalue weighted by Gasteiger charge is 2.35. The molecule has 1 fully saturated rings. The topological polar surface area (TPSA) is 24.5 Å². The number of ether oxygens (including phenoxy) is 1. The van der Waals surface area contributed by atoms with Crippen molar-refractivity contribution < 1.29 is 17.9 Å². The zero-order chi connectivity index (χ0) is 15.5. The fourth-order valence-corrected chi connectivity index (χ4v) is 2.84. The molecule has 0 bridgehead atoms. The van der Waals surface area contributed by atoms with Crippen molar-refractivity contribution in [3.05, 3.63) is 35.4 Å². The maximum atomic E-state index is 12.9. The van der Waals surface area contributed by atoms with E-state index in [-0.39, 0.29) is 12.1 Å². The summed E-state index contributed by atoms with van der Waals surface area (Å²) in [5.41, 5.74) is 0.0523. The predicted molar refractivity (Wildman–Crippen MR) is 75.1 cm³/mol. The summed E-state index contributed by atoms with van der Waals surface area (Å²) >= 11 is 0. The molecule has 0 aromatic heterocycles. The smallest absolute Gasteiger partial charge is 0.374 e. The maximum absolute atomic E-state index is 12.9. The van der Waals surface area contributed by atoms with Gasteiger partial charge in [-0.05, 0) is 31.3 Å². The number of benzene rings is 1. The molecule has 1 N–H and O–H groups in total. The SMILES string of the molecule is CCN1CCOC(CNC)C1c1cccc(C(F)(F)F)c1. The molecule has 21 heavy (non-hydrogen) atoms. The molecule has 0 amide bonds. The van der Waals surface area contributed by atoms with Gasteiger partial charge in [-0.15, -0.1) is 0 Å². The molecule has 1 heterocycles. The molecule has 2 rings (SSSR count). The van der Waals surface area contributed by atoms with Crippen LogP contribution in [0.1, 0.15) is 24.1 Å². The summed E-state index contributed by atoms with van der Waals surface area (Å²) in [5, 5.41) is 3.05. The van der Waals surface area contributed by atoms with Gasteiger partial charge in [0.15, 0.2) is 0 Å². The van der Waals surface area contributed by atoms with E-state index in [0.29, 0.717) is 18.7 Å². The van der Waals surface area contributed by atoms with Gasteiger partial charge in [-0.25, -0.2) is 0 Å². The monoisotopic (exact) mass is 302 g/mol. The molecule has 2 unspecified atom stereocenters. The molecule has 0 saturated carbocycles. The third-order valence-electron chi connectivity index (χ3n) is 3.82. The van der Waals surface area contributed by atoms with Crippen molar-refractivity contribution in [3.63, 3.8) is 0 Å². The Morgan fingerprint density at radius 1 is 1.38 bits per heavy atom. The van der Waals surface area contributed by atoms with Crippen LogP contribution in [0.15, 0.2) is 24.3 Å². The number of likely N-dealkylation sites (N-methyl/N-ethyl adjacent to an activating group) is 2. The lowest BCUT2D eigenvalue weighted by molar-refractivity contribution is -0.137. The molecular formula is C15H21F3N2O. The predicted octanol–water partition coefficient (Wildman–Crippen LogP) is 2.69. The number of rotatable bonds is 4. The van der Waals surface area contributed by atoms with Gasteiger partial charge in [0.25, 0.3) is 0 Å². The Balaban J connectivity index is 2.34. The number of hydrogen-bond donors (Lipinski definition) is 1. The van der Waals surface area contributed by atoms with Gasteiger partial charge in [-0.1, -0.05) is 19.1 Å². The van der Waals surface area contributed by atoms with Gasteiger partial charge < -0.3 is 10.1 Å². The third-order valence-corrected chi connectivity index (χ3v) is 3.82. The fraction of sp³-hybridized carbons (Fsp3) is 0.600. The molecule has 1 aromatic carbocycles. The van der Waals surface area contributed by atoms with Crippen molar-refractivity contribution in [3.8, 4) is 0 Å². The summed E-state index contributed by atoms with van der Waals surface area (Å²) in [5.74, 6) is 0. The number of halogens is 3. The normalized spacial score (nSPS) is 24.2. The summed E-state index contributed by atoms with van der Waals surface area (Å²) in [7, 11) is 1.82. The van der Waals surface area contributed by atoms with Crippen LogP contribution in [0.3, 0.4) is 0 Å². The molecule has 1 aliphatic rings. The quantitative estimate of drug-likeness (QED) is 0.925. The Hall–Kier alpha value is -1.11. The van der Waals surface area contributed by atoms with Gasteiger partial charge in [0, 0.05) is 13.1 Å². The second kappa shape index (κ2) is 6.77. The van der Waals surface area contributed by atoms with E-state index in [2.05, 4.69) is 10.2 Å². The van der Waals surface area contributed by atoms with Crippen molar-refractivity contribution in [1.82, 2.24) is 10.2 Å². The molecule has 3 nitrogen and oxygen atoms in total. The number of nitrogens with one attached hydrogen (secondary N) is 1. The molecule has 2 atom stereocenters. The molecule has 1 saturated heterocycles. The van der Waals surface area contributed by atoms with Gasteiger partial charge in [-0.3, -0.25) is 4.90 Å². The van der Waals surface area contributed by atoms with Crippen LogP contribution >= 0.6 is 0 Å². The molecule has 118 valence electrons. The van der Waals surface area contributed by atoms with Crippen molar-refractivity contribution in [1.29, 1.82) is 0 Å². The lowest BCUT2D eigenvalue weighted by atomic mass is 9.96. The minimum absolute atomic E-state index is 0.146. The zero-order valence-corrected chi connectivity index (χ0v) is 12.3. The average Bonchev–Trinajstić information content (AvgIpc) is 2.46. The minimum atomic E-state index is -4.32. The standard InChI is InChI=1S/C15H21F3N2O/c1-3-20-7-8-21-13(10-19-2)14(20)11-5-4-6-12(9-11)15(16,17)18/h4-6,9,13-14,19H,3,7-8,10H2,1-2H3. The first kappa shape index (κ1) is 16.3. The lowest BCUT2D eigenvalue weighted by Crippen LogP contribution is -2.48. The van der Waals surface area contributed by atoms with Gasteiger partial charge in [0.2, 0.25) is 0 Å². The van der Waals surface area contributed by atoms with Crippen molar-refractivity contribution in [2.24, 2.45) is 0 Å². The van der Waals surface area contributed by atoms with Crippen molar-refractivity contribution in [2.75, 3.05) is 33.3 Å². The van der Waals surface area contributed by atoms with E-state index in [9.17, 15) is 13.2 Å². The van der Waals surface area contributed by atoms with Gasteiger partial charge in [-0.2, -0.15) is 13.2 Å². The van der Waals surface area contributed by atoms with E-state index in [4.69, 9.17) is 4.74 Å². The first-order valence-corrected chi connectivity index (χ1v) is 7.14. The Labute approximate surface area is 123 Å². The molecule has 0 radical (unpaired) electrons.